The number of hydrogen-bond donors (Lipinski definition) is 2. The van der Waals surface area contributed by atoms with Crippen molar-refractivity contribution in [2.75, 3.05) is 37.8 Å². The Kier molecular flexibility index (Phi) is 6.57. The predicted molar refractivity (Wildman–Crippen MR) is 103 cm³/mol. The van der Waals surface area contributed by atoms with Crippen LogP contribution >= 0.6 is 0 Å². The van der Waals surface area contributed by atoms with Crippen LogP contribution in [0.2, 0.25) is 0 Å². The fraction of sp³-hybridized carbons (Fsp3) is 0.286. The number of ether oxygens (including phenoxy) is 1. The SMILES string of the molecule is O=C(C=Cc1ccccc1F)N[C@@H](CO)c1cccc(N2CCOCC2)c1. The van der Waals surface area contributed by atoms with Gasteiger partial charge in [-0.25, -0.2) is 4.39 Å². The Hall–Kier alpha value is -2.70. The molecular weight excluding hydrogens is 347 g/mol. The molecule has 0 aliphatic carbocycles. The van der Waals surface area contributed by atoms with E-state index >= 15 is 0 Å². The molecule has 0 aromatic heterocycles. The topological polar surface area (TPSA) is 61.8 Å². The van der Waals surface area contributed by atoms with Gasteiger partial charge in [-0.15, -0.1) is 0 Å². The largest absolute Gasteiger partial charge is 0.394 e. The summed E-state index contributed by atoms with van der Waals surface area (Å²) in [6.07, 6.45) is 2.69. The summed E-state index contributed by atoms with van der Waals surface area (Å²) >= 11 is 0. The van der Waals surface area contributed by atoms with Gasteiger partial charge >= 0.3 is 0 Å². The van der Waals surface area contributed by atoms with Gasteiger partial charge in [0.1, 0.15) is 5.82 Å². The summed E-state index contributed by atoms with van der Waals surface area (Å²) in [6.45, 7) is 2.76. The average Bonchev–Trinajstić information content (AvgIpc) is 2.72. The minimum absolute atomic E-state index is 0.230. The van der Waals surface area contributed by atoms with Crippen LogP contribution in [0.25, 0.3) is 6.08 Å². The summed E-state index contributed by atoms with van der Waals surface area (Å²) in [5.74, 6) is -0.785. The molecule has 0 saturated carbocycles. The molecule has 1 aliphatic rings. The Labute approximate surface area is 158 Å². The first-order valence-corrected chi connectivity index (χ1v) is 8.94. The highest BCUT2D eigenvalue weighted by molar-refractivity contribution is 5.92. The number of rotatable bonds is 6. The number of morpholine rings is 1. The molecule has 5 nitrogen and oxygen atoms in total. The van der Waals surface area contributed by atoms with Crippen molar-refractivity contribution >= 4 is 17.7 Å². The number of carbonyl (C=O) groups is 1. The molecule has 2 aromatic carbocycles. The monoisotopic (exact) mass is 370 g/mol. The third-order valence-corrected chi connectivity index (χ3v) is 4.47. The van der Waals surface area contributed by atoms with E-state index < -0.39 is 17.8 Å². The van der Waals surface area contributed by atoms with E-state index in [1.807, 2.05) is 24.3 Å². The second-order valence-electron chi connectivity index (χ2n) is 6.29. The second-order valence-corrected chi connectivity index (χ2v) is 6.29. The van der Waals surface area contributed by atoms with E-state index in [9.17, 15) is 14.3 Å². The molecule has 1 amide bonds. The zero-order valence-corrected chi connectivity index (χ0v) is 15.0. The van der Waals surface area contributed by atoms with Crippen molar-refractivity contribution in [1.82, 2.24) is 5.32 Å². The van der Waals surface area contributed by atoms with Crippen LogP contribution in [-0.2, 0) is 9.53 Å². The molecule has 1 saturated heterocycles. The van der Waals surface area contributed by atoms with Gasteiger partial charge in [0.25, 0.3) is 0 Å². The Bertz CT molecular complexity index is 804. The molecule has 2 aromatic rings. The summed E-state index contributed by atoms with van der Waals surface area (Å²) in [5, 5.41) is 12.5. The average molecular weight is 370 g/mol. The minimum atomic E-state index is -0.538. The second kappa shape index (κ2) is 9.30. The van der Waals surface area contributed by atoms with E-state index in [-0.39, 0.29) is 6.61 Å². The first-order chi connectivity index (χ1) is 13.2. The van der Waals surface area contributed by atoms with Crippen molar-refractivity contribution < 1.29 is 19.0 Å². The first kappa shape index (κ1) is 19.1. The van der Waals surface area contributed by atoms with Gasteiger partial charge in [-0.2, -0.15) is 0 Å². The Balaban J connectivity index is 1.67. The molecular formula is C21H23FN2O3. The molecule has 2 N–H and O–H groups in total. The number of aliphatic hydroxyl groups excluding tert-OH is 1. The quantitative estimate of drug-likeness (QED) is 0.767. The lowest BCUT2D eigenvalue weighted by molar-refractivity contribution is -0.117. The summed E-state index contributed by atoms with van der Waals surface area (Å²) in [5.41, 5.74) is 2.18. The van der Waals surface area contributed by atoms with Gasteiger partial charge in [-0.05, 0) is 29.8 Å². The Morgan fingerprint density at radius 3 is 2.74 bits per heavy atom. The number of anilines is 1. The molecule has 0 spiro atoms. The fourth-order valence-corrected chi connectivity index (χ4v) is 2.99. The minimum Gasteiger partial charge on any atom is -0.394 e. The van der Waals surface area contributed by atoms with Crippen LogP contribution in [-0.4, -0.2) is 43.9 Å². The van der Waals surface area contributed by atoms with E-state index in [1.165, 1.54) is 18.2 Å². The molecule has 0 bridgehead atoms. The molecule has 142 valence electrons. The van der Waals surface area contributed by atoms with Gasteiger partial charge in [0.15, 0.2) is 0 Å². The maximum absolute atomic E-state index is 13.6. The van der Waals surface area contributed by atoms with Gasteiger partial charge in [0.2, 0.25) is 5.91 Å². The summed E-state index contributed by atoms with van der Waals surface area (Å²) in [6, 6.07) is 13.4. The molecule has 0 radical (unpaired) electrons. The van der Waals surface area contributed by atoms with Gasteiger partial charge in [-0.3, -0.25) is 4.79 Å². The van der Waals surface area contributed by atoms with Crippen molar-refractivity contribution in [2.45, 2.75) is 6.04 Å². The highest BCUT2D eigenvalue weighted by Gasteiger charge is 2.16. The maximum Gasteiger partial charge on any atom is 0.244 e. The van der Waals surface area contributed by atoms with Crippen LogP contribution in [0.1, 0.15) is 17.2 Å². The lowest BCUT2D eigenvalue weighted by Gasteiger charge is -2.29. The number of halogens is 1. The van der Waals surface area contributed by atoms with E-state index in [0.717, 1.165) is 24.3 Å². The van der Waals surface area contributed by atoms with Crippen LogP contribution in [0.3, 0.4) is 0 Å². The number of nitrogens with zero attached hydrogens (tertiary/aromatic N) is 1. The predicted octanol–water partition coefficient (Wildman–Crippen LogP) is 2.53. The van der Waals surface area contributed by atoms with Crippen molar-refractivity contribution in [2.24, 2.45) is 0 Å². The number of aliphatic hydroxyl groups is 1. The van der Waals surface area contributed by atoms with E-state index in [2.05, 4.69) is 10.2 Å². The fourth-order valence-electron chi connectivity index (χ4n) is 2.99. The van der Waals surface area contributed by atoms with Gasteiger partial charge < -0.3 is 20.1 Å². The number of nitrogens with one attached hydrogen (secondary N) is 1. The standard InChI is InChI=1S/C21H23FN2O3/c22-19-7-2-1-4-16(19)8-9-21(26)23-20(15-25)17-5-3-6-18(14-17)24-10-12-27-13-11-24/h1-9,14,20,25H,10-13,15H2,(H,23,26)/t20-/m0/s1. The molecule has 1 atom stereocenters. The van der Waals surface area contributed by atoms with Crippen molar-refractivity contribution in [3.63, 3.8) is 0 Å². The number of carbonyl (C=O) groups excluding carboxylic acids is 1. The van der Waals surface area contributed by atoms with Crippen LogP contribution in [0.5, 0.6) is 0 Å². The van der Waals surface area contributed by atoms with Crippen LogP contribution in [0.15, 0.2) is 54.6 Å². The third kappa shape index (κ3) is 5.15. The number of hydrogen-bond acceptors (Lipinski definition) is 4. The maximum atomic E-state index is 13.6. The molecule has 1 aliphatic heterocycles. The summed E-state index contributed by atoms with van der Waals surface area (Å²) in [4.78, 5) is 14.4. The van der Waals surface area contributed by atoms with Crippen molar-refractivity contribution in [3.05, 3.63) is 71.6 Å². The Morgan fingerprint density at radius 2 is 2.00 bits per heavy atom. The Morgan fingerprint density at radius 1 is 1.22 bits per heavy atom. The van der Waals surface area contributed by atoms with Crippen LogP contribution in [0, 0.1) is 5.82 Å². The third-order valence-electron chi connectivity index (χ3n) is 4.47. The highest BCUT2D eigenvalue weighted by atomic mass is 19.1. The van der Waals surface area contributed by atoms with Gasteiger partial charge in [-0.1, -0.05) is 30.3 Å². The zero-order valence-electron chi connectivity index (χ0n) is 15.0. The van der Waals surface area contributed by atoms with Gasteiger partial charge in [0.05, 0.1) is 25.9 Å². The molecule has 3 rings (SSSR count). The summed E-state index contributed by atoms with van der Waals surface area (Å²) < 4.78 is 19.0. The summed E-state index contributed by atoms with van der Waals surface area (Å²) in [7, 11) is 0. The van der Waals surface area contributed by atoms with E-state index in [0.29, 0.717) is 18.8 Å². The molecule has 6 heteroatoms. The number of amides is 1. The lowest BCUT2D eigenvalue weighted by Crippen LogP contribution is -2.36. The zero-order chi connectivity index (χ0) is 19.1. The lowest BCUT2D eigenvalue weighted by atomic mass is 10.1. The molecule has 1 fully saturated rings. The van der Waals surface area contributed by atoms with Crippen LogP contribution < -0.4 is 10.2 Å². The smallest absolute Gasteiger partial charge is 0.244 e. The van der Waals surface area contributed by atoms with E-state index in [1.54, 1.807) is 18.2 Å². The first-order valence-electron chi connectivity index (χ1n) is 8.94. The van der Waals surface area contributed by atoms with Gasteiger partial charge in [0, 0.05) is 30.4 Å². The van der Waals surface area contributed by atoms with Crippen molar-refractivity contribution in [3.8, 4) is 0 Å². The van der Waals surface area contributed by atoms with Crippen molar-refractivity contribution in [1.29, 1.82) is 0 Å². The molecule has 27 heavy (non-hydrogen) atoms. The highest BCUT2D eigenvalue weighted by Crippen LogP contribution is 2.22. The molecule has 0 unspecified atom stereocenters. The normalized spacial score (nSPS) is 15.7. The van der Waals surface area contributed by atoms with Crippen LogP contribution in [0.4, 0.5) is 10.1 Å². The number of benzene rings is 2. The molecule has 1 heterocycles. The van der Waals surface area contributed by atoms with E-state index in [4.69, 9.17) is 4.74 Å².